The lowest BCUT2D eigenvalue weighted by molar-refractivity contribution is -0.123. The number of hydrogen-bond donors (Lipinski definition) is 0. The number of ether oxygens (including phenoxy) is 1. The molecule has 0 amide bonds. The molecule has 0 N–H and O–H groups in total. The van der Waals surface area contributed by atoms with Crippen LogP contribution in [0.4, 0.5) is 0 Å². The summed E-state index contributed by atoms with van der Waals surface area (Å²) in [6.07, 6.45) is 5.27. The lowest BCUT2D eigenvalue weighted by Gasteiger charge is -2.25. The van der Waals surface area contributed by atoms with Crippen LogP contribution in [-0.2, 0) is 9.53 Å². The smallest absolute Gasteiger partial charge is 0.149 e. The lowest BCUT2D eigenvalue weighted by Crippen LogP contribution is -2.39. The molecule has 3 nitrogen and oxygen atoms in total. The molecule has 0 heterocycles. The van der Waals surface area contributed by atoms with Gasteiger partial charge >= 0.3 is 0 Å². The lowest BCUT2D eigenvalue weighted by atomic mass is 10.1. The van der Waals surface area contributed by atoms with Gasteiger partial charge in [-0.05, 0) is 26.8 Å². The quantitative estimate of drug-likeness (QED) is 0.515. The summed E-state index contributed by atoms with van der Waals surface area (Å²) in [5.41, 5.74) is 0. The van der Waals surface area contributed by atoms with Crippen LogP contribution >= 0.6 is 0 Å². The molecule has 15 heavy (non-hydrogen) atoms. The Morgan fingerprint density at radius 2 is 2.20 bits per heavy atom. The zero-order chi connectivity index (χ0) is 11.1. The van der Waals surface area contributed by atoms with Crippen LogP contribution in [0.1, 0.15) is 39.0 Å². The molecule has 1 rings (SSSR count). The minimum Gasteiger partial charge on any atom is -0.380 e. The van der Waals surface area contributed by atoms with E-state index < -0.39 is 0 Å². The normalized spacial score (nSPS) is 23.1. The SMILES string of the molecule is CCOCCN(C)C1CCCCCC1=O. The van der Waals surface area contributed by atoms with Crippen molar-refractivity contribution >= 4 is 5.78 Å². The summed E-state index contributed by atoms with van der Waals surface area (Å²) in [4.78, 5) is 14.0. The van der Waals surface area contributed by atoms with Gasteiger partial charge in [-0.25, -0.2) is 0 Å². The van der Waals surface area contributed by atoms with Crippen LogP contribution < -0.4 is 0 Å². The molecule has 0 aliphatic heterocycles. The topological polar surface area (TPSA) is 29.5 Å². The standard InChI is InChI=1S/C12H23NO2/c1-3-15-10-9-13(2)11-7-5-4-6-8-12(11)14/h11H,3-10H2,1-2H3. The molecule has 1 aliphatic rings. The predicted octanol–water partition coefficient (Wildman–Crippen LogP) is 1.86. The number of nitrogens with zero attached hydrogens (tertiary/aromatic N) is 1. The van der Waals surface area contributed by atoms with Crippen molar-refractivity contribution in [2.75, 3.05) is 26.8 Å². The molecule has 0 spiro atoms. The van der Waals surface area contributed by atoms with E-state index in [1.807, 2.05) is 14.0 Å². The van der Waals surface area contributed by atoms with E-state index in [-0.39, 0.29) is 6.04 Å². The zero-order valence-electron chi connectivity index (χ0n) is 10.00. The van der Waals surface area contributed by atoms with E-state index in [1.54, 1.807) is 0 Å². The molecule has 0 aromatic carbocycles. The largest absolute Gasteiger partial charge is 0.380 e. The van der Waals surface area contributed by atoms with Crippen molar-refractivity contribution in [1.29, 1.82) is 0 Å². The van der Waals surface area contributed by atoms with Gasteiger partial charge in [0, 0.05) is 19.6 Å². The molecule has 3 heteroatoms. The monoisotopic (exact) mass is 213 g/mol. The number of ketones is 1. The van der Waals surface area contributed by atoms with Crippen LogP contribution in [0.3, 0.4) is 0 Å². The highest BCUT2D eigenvalue weighted by Gasteiger charge is 2.23. The van der Waals surface area contributed by atoms with Gasteiger partial charge in [0.1, 0.15) is 5.78 Å². The van der Waals surface area contributed by atoms with E-state index >= 15 is 0 Å². The third kappa shape index (κ3) is 4.31. The molecular weight excluding hydrogens is 190 g/mol. The van der Waals surface area contributed by atoms with Crippen molar-refractivity contribution in [3.8, 4) is 0 Å². The first-order valence-corrected chi connectivity index (χ1v) is 6.06. The highest BCUT2D eigenvalue weighted by Crippen LogP contribution is 2.18. The second-order valence-electron chi connectivity index (χ2n) is 4.26. The van der Waals surface area contributed by atoms with Crippen LogP contribution in [0.15, 0.2) is 0 Å². The van der Waals surface area contributed by atoms with Gasteiger partial charge in [-0.2, -0.15) is 0 Å². The minimum absolute atomic E-state index is 0.146. The Balaban J connectivity index is 2.34. The van der Waals surface area contributed by atoms with Crippen molar-refractivity contribution in [2.45, 2.75) is 45.1 Å². The maximum atomic E-state index is 11.8. The van der Waals surface area contributed by atoms with Crippen molar-refractivity contribution in [3.63, 3.8) is 0 Å². The first-order chi connectivity index (χ1) is 7.25. The number of hydrogen-bond acceptors (Lipinski definition) is 3. The van der Waals surface area contributed by atoms with Crippen molar-refractivity contribution in [3.05, 3.63) is 0 Å². The molecule has 1 saturated carbocycles. The second-order valence-corrected chi connectivity index (χ2v) is 4.26. The number of carbonyl (C=O) groups excluding carboxylic acids is 1. The number of rotatable bonds is 5. The van der Waals surface area contributed by atoms with E-state index in [1.165, 1.54) is 12.8 Å². The fraction of sp³-hybridized carbons (Fsp3) is 0.917. The summed E-state index contributed by atoms with van der Waals surface area (Å²) in [6.45, 7) is 4.35. The predicted molar refractivity (Wildman–Crippen MR) is 61.0 cm³/mol. The Morgan fingerprint density at radius 3 is 2.93 bits per heavy atom. The van der Waals surface area contributed by atoms with Crippen molar-refractivity contribution < 1.29 is 9.53 Å². The van der Waals surface area contributed by atoms with Gasteiger partial charge < -0.3 is 4.74 Å². The molecule has 0 radical (unpaired) electrons. The second kappa shape index (κ2) is 6.96. The Labute approximate surface area is 92.8 Å². The molecule has 1 fully saturated rings. The van der Waals surface area contributed by atoms with Crippen LogP contribution in [0.25, 0.3) is 0 Å². The molecule has 0 aromatic rings. The number of Topliss-reactive ketones (excluding diaryl/α,β-unsaturated/α-hetero) is 1. The van der Waals surface area contributed by atoms with E-state index in [4.69, 9.17) is 4.74 Å². The summed E-state index contributed by atoms with van der Waals surface area (Å²) in [7, 11) is 2.03. The number of carbonyl (C=O) groups is 1. The Hall–Kier alpha value is -0.410. The molecule has 1 aliphatic carbocycles. The van der Waals surface area contributed by atoms with E-state index in [9.17, 15) is 4.79 Å². The molecule has 0 aromatic heterocycles. The summed E-state index contributed by atoms with van der Waals surface area (Å²) in [5.74, 6) is 0.423. The Kier molecular flexibility index (Phi) is 5.88. The molecule has 0 saturated heterocycles. The molecule has 88 valence electrons. The summed E-state index contributed by atoms with van der Waals surface area (Å²) >= 11 is 0. The van der Waals surface area contributed by atoms with Gasteiger partial charge in [0.15, 0.2) is 0 Å². The Morgan fingerprint density at radius 1 is 1.40 bits per heavy atom. The summed E-state index contributed by atoms with van der Waals surface area (Å²) in [5, 5.41) is 0. The maximum Gasteiger partial charge on any atom is 0.149 e. The maximum absolute atomic E-state index is 11.8. The molecular formula is C12H23NO2. The fourth-order valence-electron chi connectivity index (χ4n) is 2.12. The first kappa shape index (κ1) is 12.7. The number of likely N-dealkylation sites (N-methyl/N-ethyl adjacent to an activating group) is 1. The third-order valence-electron chi connectivity index (χ3n) is 3.10. The average Bonchev–Trinajstić information content (AvgIpc) is 2.43. The highest BCUT2D eigenvalue weighted by atomic mass is 16.5. The highest BCUT2D eigenvalue weighted by molar-refractivity contribution is 5.84. The van der Waals surface area contributed by atoms with Crippen LogP contribution in [0, 0.1) is 0 Å². The van der Waals surface area contributed by atoms with Crippen LogP contribution in [0.2, 0.25) is 0 Å². The van der Waals surface area contributed by atoms with Gasteiger partial charge in [0.05, 0.1) is 12.6 Å². The summed E-state index contributed by atoms with van der Waals surface area (Å²) in [6, 6.07) is 0.146. The van der Waals surface area contributed by atoms with E-state index in [2.05, 4.69) is 4.90 Å². The van der Waals surface area contributed by atoms with Gasteiger partial charge in [0.25, 0.3) is 0 Å². The van der Waals surface area contributed by atoms with E-state index in [0.29, 0.717) is 5.78 Å². The van der Waals surface area contributed by atoms with Crippen molar-refractivity contribution in [1.82, 2.24) is 4.90 Å². The first-order valence-electron chi connectivity index (χ1n) is 6.06. The molecule has 1 unspecified atom stereocenters. The Bertz CT molecular complexity index is 194. The molecule has 1 atom stereocenters. The fourth-order valence-corrected chi connectivity index (χ4v) is 2.12. The van der Waals surface area contributed by atoms with E-state index in [0.717, 1.165) is 39.0 Å². The zero-order valence-corrected chi connectivity index (χ0v) is 10.00. The van der Waals surface area contributed by atoms with Crippen LogP contribution in [-0.4, -0.2) is 43.5 Å². The van der Waals surface area contributed by atoms with Crippen LogP contribution in [0.5, 0.6) is 0 Å². The minimum atomic E-state index is 0.146. The third-order valence-corrected chi connectivity index (χ3v) is 3.10. The average molecular weight is 213 g/mol. The van der Waals surface area contributed by atoms with Crippen molar-refractivity contribution in [2.24, 2.45) is 0 Å². The van der Waals surface area contributed by atoms with Gasteiger partial charge in [0.2, 0.25) is 0 Å². The van der Waals surface area contributed by atoms with Gasteiger partial charge in [-0.3, -0.25) is 9.69 Å². The molecule has 0 bridgehead atoms. The van der Waals surface area contributed by atoms with Gasteiger partial charge in [-0.15, -0.1) is 0 Å². The van der Waals surface area contributed by atoms with Gasteiger partial charge in [-0.1, -0.05) is 12.8 Å². The summed E-state index contributed by atoms with van der Waals surface area (Å²) < 4.78 is 5.31.